The van der Waals surface area contributed by atoms with Crippen molar-refractivity contribution in [2.45, 2.75) is 0 Å². The van der Waals surface area contributed by atoms with Gasteiger partial charge >= 0.3 is 0 Å². The minimum atomic E-state index is 1.23. The van der Waals surface area contributed by atoms with Gasteiger partial charge < -0.3 is 0 Å². The third kappa shape index (κ3) is 3.92. The molecule has 0 nitrogen and oxygen atoms in total. The predicted molar refractivity (Wildman–Crippen MR) is 181 cm³/mol. The van der Waals surface area contributed by atoms with Crippen molar-refractivity contribution in [3.05, 3.63) is 170 Å². The second-order valence-corrected chi connectivity index (χ2v) is 10.8. The van der Waals surface area contributed by atoms with Crippen molar-refractivity contribution in [2.75, 3.05) is 0 Å². The Morgan fingerprint density at radius 2 is 0.619 bits per heavy atom. The van der Waals surface area contributed by atoms with Crippen molar-refractivity contribution in [3.8, 4) is 44.5 Å². The molecular weight excluding hydrogens is 504 g/mol. The number of fused-ring (bicyclic) bond motifs is 3. The van der Waals surface area contributed by atoms with Gasteiger partial charge in [0.25, 0.3) is 0 Å². The van der Waals surface area contributed by atoms with Crippen LogP contribution in [0.1, 0.15) is 0 Å². The molecule has 0 unspecified atom stereocenters. The molecular formula is C42H28. The van der Waals surface area contributed by atoms with E-state index in [1.807, 2.05) is 0 Å². The zero-order valence-electron chi connectivity index (χ0n) is 23.2. The first kappa shape index (κ1) is 24.3. The topological polar surface area (TPSA) is 0 Å². The molecule has 0 fully saturated rings. The molecule has 0 saturated heterocycles. The maximum atomic E-state index is 2.46. The lowest BCUT2D eigenvalue weighted by Crippen LogP contribution is -1.95. The first-order chi connectivity index (χ1) is 20.9. The average Bonchev–Trinajstić information content (AvgIpc) is 3.07. The molecule has 0 aliphatic rings. The van der Waals surface area contributed by atoms with Gasteiger partial charge in [0.05, 0.1) is 0 Å². The Morgan fingerprint density at radius 3 is 1.14 bits per heavy atom. The van der Waals surface area contributed by atoms with Gasteiger partial charge in [-0.15, -0.1) is 0 Å². The van der Waals surface area contributed by atoms with Gasteiger partial charge in [-0.05, 0) is 82.9 Å². The molecule has 0 atom stereocenters. The van der Waals surface area contributed by atoms with E-state index >= 15 is 0 Å². The van der Waals surface area contributed by atoms with Crippen LogP contribution < -0.4 is 0 Å². The lowest BCUT2D eigenvalue weighted by atomic mass is 9.80. The number of benzene rings is 8. The van der Waals surface area contributed by atoms with Gasteiger partial charge in [-0.1, -0.05) is 164 Å². The summed E-state index contributed by atoms with van der Waals surface area (Å²) in [6.07, 6.45) is 0. The van der Waals surface area contributed by atoms with Gasteiger partial charge in [0.1, 0.15) is 0 Å². The molecule has 0 aromatic heterocycles. The van der Waals surface area contributed by atoms with Crippen LogP contribution in [-0.2, 0) is 0 Å². The Labute approximate surface area is 246 Å². The first-order valence-electron chi connectivity index (χ1n) is 14.5. The Bertz CT molecular complexity index is 2200. The van der Waals surface area contributed by atoms with E-state index in [-0.39, 0.29) is 0 Å². The summed E-state index contributed by atoms with van der Waals surface area (Å²) in [7, 11) is 0. The summed E-state index contributed by atoms with van der Waals surface area (Å²) in [6.45, 7) is 0. The van der Waals surface area contributed by atoms with Crippen LogP contribution >= 0.6 is 0 Å². The highest BCUT2D eigenvalue weighted by molar-refractivity contribution is 6.29. The summed E-state index contributed by atoms with van der Waals surface area (Å²) in [5, 5.41) is 7.63. The zero-order valence-corrected chi connectivity index (χ0v) is 23.2. The molecule has 0 saturated carbocycles. The van der Waals surface area contributed by atoms with E-state index in [0.29, 0.717) is 0 Å². The van der Waals surface area contributed by atoms with E-state index in [1.54, 1.807) is 0 Å². The van der Waals surface area contributed by atoms with Crippen LogP contribution in [-0.4, -0.2) is 0 Å². The van der Waals surface area contributed by atoms with Gasteiger partial charge in [0, 0.05) is 0 Å². The summed E-state index contributed by atoms with van der Waals surface area (Å²) in [5.74, 6) is 0. The smallest absolute Gasteiger partial charge is 0.000764 e. The lowest BCUT2D eigenvalue weighted by molar-refractivity contribution is 1.63. The Hall–Kier alpha value is -5.46. The van der Waals surface area contributed by atoms with Crippen LogP contribution in [0.4, 0.5) is 0 Å². The molecule has 0 heteroatoms. The molecule has 8 aromatic carbocycles. The van der Waals surface area contributed by atoms with Gasteiger partial charge in [0.2, 0.25) is 0 Å². The predicted octanol–water partition coefficient (Wildman–Crippen LogP) is 11.8. The fourth-order valence-electron chi connectivity index (χ4n) is 6.67. The minimum absolute atomic E-state index is 1.23. The molecule has 0 aliphatic heterocycles. The van der Waals surface area contributed by atoms with E-state index in [9.17, 15) is 0 Å². The standard InChI is InChI=1S/C42H28/c1-5-16-29(17-6-1)33-26-15-27-36-37(33)28-38-39(30-18-7-2-8-19-30)34-24-13-14-25-35(34)40(31-20-9-3-10-21-31)42(38)41(36)32-22-11-4-12-23-32/h1-28H. The van der Waals surface area contributed by atoms with Crippen molar-refractivity contribution in [1.29, 1.82) is 0 Å². The second-order valence-electron chi connectivity index (χ2n) is 10.8. The summed E-state index contributed by atoms with van der Waals surface area (Å²) < 4.78 is 0. The Kier molecular flexibility index (Phi) is 5.90. The molecule has 8 rings (SSSR count). The number of hydrogen-bond donors (Lipinski definition) is 0. The largest absolute Gasteiger partial charge is 0.0622 e. The summed E-state index contributed by atoms with van der Waals surface area (Å²) in [6, 6.07) is 61.7. The molecule has 0 bridgehead atoms. The van der Waals surface area contributed by atoms with Crippen LogP contribution in [0.3, 0.4) is 0 Å². The maximum absolute atomic E-state index is 2.46. The summed E-state index contributed by atoms with van der Waals surface area (Å²) in [4.78, 5) is 0. The molecule has 0 radical (unpaired) electrons. The Balaban J connectivity index is 1.69. The van der Waals surface area contributed by atoms with Crippen molar-refractivity contribution < 1.29 is 0 Å². The minimum Gasteiger partial charge on any atom is -0.0622 e. The molecule has 196 valence electrons. The van der Waals surface area contributed by atoms with Crippen molar-refractivity contribution in [3.63, 3.8) is 0 Å². The molecule has 0 spiro atoms. The third-order valence-corrected chi connectivity index (χ3v) is 8.44. The quantitative estimate of drug-likeness (QED) is 0.198. The molecule has 8 aromatic rings. The summed E-state index contributed by atoms with van der Waals surface area (Å²) in [5.41, 5.74) is 10.0. The highest BCUT2D eigenvalue weighted by Gasteiger charge is 2.22. The molecule has 0 aliphatic carbocycles. The first-order valence-corrected chi connectivity index (χ1v) is 14.5. The van der Waals surface area contributed by atoms with Crippen LogP contribution in [0, 0.1) is 0 Å². The van der Waals surface area contributed by atoms with Crippen LogP contribution in [0.15, 0.2) is 170 Å². The fourth-order valence-corrected chi connectivity index (χ4v) is 6.67. The van der Waals surface area contributed by atoms with E-state index in [1.165, 1.54) is 76.8 Å². The number of rotatable bonds is 4. The molecule has 0 N–H and O–H groups in total. The van der Waals surface area contributed by atoms with Gasteiger partial charge in [-0.25, -0.2) is 0 Å². The fraction of sp³-hybridized carbons (Fsp3) is 0. The summed E-state index contributed by atoms with van der Waals surface area (Å²) >= 11 is 0. The highest BCUT2D eigenvalue weighted by Crippen LogP contribution is 2.50. The van der Waals surface area contributed by atoms with E-state index in [4.69, 9.17) is 0 Å². The van der Waals surface area contributed by atoms with Crippen molar-refractivity contribution in [1.82, 2.24) is 0 Å². The van der Waals surface area contributed by atoms with Crippen LogP contribution in [0.2, 0.25) is 0 Å². The Morgan fingerprint density at radius 1 is 0.238 bits per heavy atom. The average molecular weight is 533 g/mol. The lowest BCUT2D eigenvalue weighted by Gasteiger charge is -2.23. The molecule has 0 amide bonds. The highest BCUT2D eigenvalue weighted by atomic mass is 14.2. The molecule has 42 heavy (non-hydrogen) atoms. The third-order valence-electron chi connectivity index (χ3n) is 8.44. The number of hydrogen-bond acceptors (Lipinski definition) is 0. The van der Waals surface area contributed by atoms with Gasteiger partial charge in [-0.2, -0.15) is 0 Å². The zero-order chi connectivity index (χ0) is 27.9. The van der Waals surface area contributed by atoms with Gasteiger partial charge in [-0.3, -0.25) is 0 Å². The van der Waals surface area contributed by atoms with E-state index in [0.717, 1.165) is 0 Å². The maximum Gasteiger partial charge on any atom is -0.000764 e. The van der Waals surface area contributed by atoms with Crippen LogP contribution in [0.25, 0.3) is 76.8 Å². The van der Waals surface area contributed by atoms with E-state index in [2.05, 4.69) is 170 Å². The SMILES string of the molecule is c1ccc(-c2cccc3c(-c4ccccc4)c4c(-c5ccccc5)c5ccccc5c(-c5ccccc5)c4cc23)cc1. The van der Waals surface area contributed by atoms with Crippen molar-refractivity contribution >= 4 is 32.3 Å². The second kappa shape index (κ2) is 10.2. The van der Waals surface area contributed by atoms with Crippen molar-refractivity contribution in [2.24, 2.45) is 0 Å². The van der Waals surface area contributed by atoms with E-state index < -0.39 is 0 Å². The normalized spacial score (nSPS) is 11.3. The van der Waals surface area contributed by atoms with Crippen LogP contribution in [0.5, 0.6) is 0 Å². The van der Waals surface area contributed by atoms with Gasteiger partial charge in [0.15, 0.2) is 0 Å². The monoisotopic (exact) mass is 532 g/mol. The molecule has 0 heterocycles.